The lowest BCUT2D eigenvalue weighted by atomic mass is 10.0. The van der Waals surface area contributed by atoms with Crippen LogP contribution in [-0.2, 0) is 17.9 Å². The number of non-ortho nitro benzene ring substituents is 1. The van der Waals surface area contributed by atoms with Crippen molar-refractivity contribution in [3.8, 4) is 5.75 Å². The molecule has 1 atom stereocenters. The fraction of sp³-hybridized carbons (Fsp3) is 0.154. The first-order valence-electron chi connectivity index (χ1n) is 10.9. The Labute approximate surface area is 213 Å². The average Bonchev–Trinajstić information content (AvgIpc) is 3.27. The molecule has 10 heteroatoms. The van der Waals surface area contributed by atoms with Crippen LogP contribution < -0.4 is 27.0 Å². The van der Waals surface area contributed by atoms with Crippen LogP contribution in [0, 0.1) is 22.9 Å². The van der Waals surface area contributed by atoms with Crippen LogP contribution in [0.2, 0.25) is 0 Å². The summed E-state index contributed by atoms with van der Waals surface area (Å²) in [7, 11) is 0. The number of nitro benzene ring substituents is 1. The molecule has 1 unspecified atom stereocenters. The van der Waals surface area contributed by atoms with E-state index in [4.69, 9.17) is 4.74 Å². The van der Waals surface area contributed by atoms with E-state index in [0.29, 0.717) is 18.0 Å². The van der Waals surface area contributed by atoms with Crippen LogP contribution in [0.1, 0.15) is 17.2 Å². The van der Waals surface area contributed by atoms with Gasteiger partial charge in [0.25, 0.3) is 11.6 Å². The van der Waals surface area contributed by atoms with Crippen LogP contribution in [0.3, 0.4) is 0 Å². The number of carbonyl (C=O) groups excluding carboxylic acids is 1. The van der Waals surface area contributed by atoms with Gasteiger partial charge in [0.15, 0.2) is 12.6 Å². The van der Waals surface area contributed by atoms with Gasteiger partial charge in [0, 0.05) is 17.8 Å². The van der Waals surface area contributed by atoms with Crippen LogP contribution >= 0.6 is 0 Å². The number of hydrogen-bond acceptors (Lipinski definition) is 4. The summed E-state index contributed by atoms with van der Waals surface area (Å²) in [5.41, 5.74) is 2.56. The molecule has 36 heavy (non-hydrogen) atoms. The molecule has 0 saturated heterocycles. The molecule has 1 heterocycles. The molecule has 0 fully saturated rings. The third-order valence-electron chi connectivity index (χ3n) is 5.44. The molecule has 0 bridgehead atoms. The van der Waals surface area contributed by atoms with E-state index in [9.17, 15) is 19.3 Å². The van der Waals surface area contributed by atoms with Gasteiger partial charge in [0.2, 0.25) is 6.33 Å². The number of ether oxygens (including phenoxy) is 1. The molecule has 1 amide bonds. The Kier molecular flexibility index (Phi) is 8.75. The van der Waals surface area contributed by atoms with E-state index in [1.807, 2.05) is 42.0 Å². The monoisotopic (exact) mass is 510 g/mol. The van der Waals surface area contributed by atoms with Crippen molar-refractivity contribution < 1.29 is 35.8 Å². The van der Waals surface area contributed by atoms with Crippen molar-refractivity contribution in [1.29, 1.82) is 0 Å². The highest BCUT2D eigenvalue weighted by molar-refractivity contribution is 5.90. The van der Waals surface area contributed by atoms with Gasteiger partial charge in [-0.2, -0.15) is 0 Å². The predicted molar refractivity (Wildman–Crippen MR) is 127 cm³/mol. The standard InChI is InChI=1S/C26H23FN4O4.ClH/c1-19-4-2-3-5-24(19)25(35-23-12-10-22(11-13-23)31(33)34)16-29-14-15-30(18-29)17-26(32)28-21-8-6-20(27)7-9-21;/h2-15,18,25H,16-17H2,1H3;1H. The highest BCUT2D eigenvalue weighted by atomic mass is 35.5. The third kappa shape index (κ3) is 6.89. The molecule has 8 nitrogen and oxygen atoms in total. The largest absolute Gasteiger partial charge is 1.00 e. The lowest BCUT2D eigenvalue weighted by Crippen LogP contribution is -3.00. The number of aromatic nitrogens is 2. The number of hydrogen-bond donors (Lipinski definition) is 1. The Morgan fingerprint density at radius 1 is 1.11 bits per heavy atom. The summed E-state index contributed by atoms with van der Waals surface area (Å²) in [4.78, 5) is 22.9. The van der Waals surface area contributed by atoms with E-state index in [2.05, 4.69) is 5.32 Å². The molecule has 1 N–H and O–H groups in total. The van der Waals surface area contributed by atoms with Crippen molar-refractivity contribution in [2.75, 3.05) is 5.32 Å². The molecule has 0 aliphatic heterocycles. The van der Waals surface area contributed by atoms with Gasteiger partial charge >= 0.3 is 0 Å². The Balaban J connectivity index is 0.00000361. The van der Waals surface area contributed by atoms with E-state index >= 15 is 0 Å². The van der Waals surface area contributed by atoms with E-state index in [1.165, 1.54) is 36.4 Å². The first kappa shape index (κ1) is 26.4. The Hall–Kier alpha value is -4.24. The molecule has 1 aromatic heterocycles. The highest BCUT2D eigenvalue weighted by Crippen LogP contribution is 2.26. The predicted octanol–water partition coefficient (Wildman–Crippen LogP) is 1.59. The van der Waals surface area contributed by atoms with E-state index in [-0.39, 0.29) is 42.5 Å². The zero-order valence-corrected chi connectivity index (χ0v) is 20.1. The van der Waals surface area contributed by atoms with Gasteiger partial charge in [-0.05, 0) is 54.4 Å². The number of imidazole rings is 1. The number of aryl methyl sites for hydroxylation is 1. The second-order valence-electron chi connectivity index (χ2n) is 8.05. The summed E-state index contributed by atoms with van der Waals surface area (Å²) >= 11 is 0. The number of benzene rings is 3. The van der Waals surface area contributed by atoms with Crippen LogP contribution in [0.15, 0.2) is 91.5 Å². The van der Waals surface area contributed by atoms with Crippen molar-refractivity contribution in [2.24, 2.45) is 0 Å². The number of nitrogens with one attached hydrogen (secondary N) is 1. The fourth-order valence-corrected chi connectivity index (χ4v) is 3.69. The van der Waals surface area contributed by atoms with Gasteiger partial charge in [0.05, 0.1) is 4.92 Å². The molecular formula is C26H24ClFN4O4. The molecule has 0 aliphatic rings. The summed E-state index contributed by atoms with van der Waals surface area (Å²) in [6.07, 6.45) is 5.06. The lowest BCUT2D eigenvalue weighted by Gasteiger charge is -2.19. The van der Waals surface area contributed by atoms with E-state index in [0.717, 1.165) is 11.1 Å². The average molecular weight is 511 g/mol. The van der Waals surface area contributed by atoms with Crippen LogP contribution in [0.5, 0.6) is 5.75 Å². The third-order valence-corrected chi connectivity index (χ3v) is 5.44. The zero-order chi connectivity index (χ0) is 24.8. The molecule has 0 radical (unpaired) electrons. The maximum atomic E-state index is 13.1. The van der Waals surface area contributed by atoms with E-state index in [1.54, 1.807) is 29.2 Å². The number of anilines is 1. The minimum atomic E-state index is -0.451. The topological polar surface area (TPSA) is 90.3 Å². The minimum Gasteiger partial charge on any atom is -1.00 e. The summed E-state index contributed by atoms with van der Waals surface area (Å²) in [6, 6.07) is 19.4. The lowest BCUT2D eigenvalue weighted by molar-refractivity contribution is -0.703. The van der Waals surface area contributed by atoms with Crippen LogP contribution in [-0.4, -0.2) is 15.4 Å². The van der Waals surface area contributed by atoms with Crippen molar-refractivity contribution in [3.05, 3.63) is 119 Å². The molecule has 0 spiro atoms. The van der Waals surface area contributed by atoms with Gasteiger partial charge in [-0.25, -0.2) is 13.5 Å². The summed E-state index contributed by atoms with van der Waals surface area (Å²) in [6.45, 7) is 2.54. The molecule has 4 rings (SSSR count). The number of rotatable bonds is 9. The van der Waals surface area contributed by atoms with Crippen LogP contribution in [0.4, 0.5) is 15.8 Å². The summed E-state index contributed by atoms with van der Waals surface area (Å²) in [5, 5.41) is 13.7. The summed E-state index contributed by atoms with van der Waals surface area (Å²) < 4.78 is 22.9. The normalized spacial score (nSPS) is 11.3. The Morgan fingerprint density at radius 2 is 1.81 bits per heavy atom. The first-order valence-corrected chi connectivity index (χ1v) is 10.9. The Bertz CT molecular complexity index is 1330. The second kappa shape index (κ2) is 11.9. The second-order valence-corrected chi connectivity index (χ2v) is 8.05. The number of carbonyl (C=O) groups is 1. The molecule has 3 aromatic carbocycles. The molecule has 0 saturated carbocycles. The van der Waals surface area contributed by atoms with Gasteiger partial charge in [-0.3, -0.25) is 14.9 Å². The van der Waals surface area contributed by atoms with Gasteiger partial charge in [-0.1, -0.05) is 24.3 Å². The van der Waals surface area contributed by atoms with Gasteiger partial charge < -0.3 is 22.5 Å². The highest BCUT2D eigenvalue weighted by Gasteiger charge is 2.21. The number of nitro groups is 1. The number of amides is 1. The minimum absolute atomic E-state index is 0. The van der Waals surface area contributed by atoms with E-state index < -0.39 is 4.92 Å². The van der Waals surface area contributed by atoms with Crippen molar-refractivity contribution in [2.45, 2.75) is 26.1 Å². The first-order chi connectivity index (χ1) is 16.9. The van der Waals surface area contributed by atoms with Crippen molar-refractivity contribution >= 4 is 17.3 Å². The summed E-state index contributed by atoms with van der Waals surface area (Å²) in [5.74, 6) is -0.0897. The molecule has 4 aromatic rings. The maximum absolute atomic E-state index is 13.1. The van der Waals surface area contributed by atoms with Crippen molar-refractivity contribution in [3.63, 3.8) is 0 Å². The molecular weight excluding hydrogens is 487 g/mol. The maximum Gasteiger partial charge on any atom is 0.269 e. The molecule has 0 aliphatic carbocycles. The number of nitrogens with zero attached hydrogens (tertiary/aromatic N) is 3. The number of halogens is 2. The SMILES string of the molecule is Cc1ccccc1C(C[n+]1ccn(CC(=O)Nc2ccc(F)cc2)c1)Oc1ccc([N+](=O)[O-])cc1.[Cl-]. The zero-order valence-electron chi connectivity index (χ0n) is 19.4. The van der Waals surface area contributed by atoms with Gasteiger partial charge in [-0.15, -0.1) is 0 Å². The quantitative estimate of drug-likeness (QED) is 0.210. The van der Waals surface area contributed by atoms with Crippen LogP contribution in [0.25, 0.3) is 0 Å². The molecule has 186 valence electrons. The Morgan fingerprint density at radius 3 is 2.47 bits per heavy atom. The smallest absolute Gasteiger partial charge is 0.269 e. The fourth-order valence-electron chi connectivity index (χ4n) is 3.69. The van der Waals surface area contributed by atoms with Gasteiger partial charge in [0.1, 0.15) is 30.5 Å². The van der Waals surface area contributed by atoms with Crippen molar-refractivity contribution in [1.82, 2.24) is 4.57 Å².